The number of carbonyl (C=O) groups excluding carboxylic acids is 3. The Hall–Kier alpha value is -1.85. The van der Waals surface area contributed by atoms with Crippen molar-refractivity contribution in [3.63, 3.8) is 0 Å². The van der Waals surface area contributed by atoms with Crippen LogP contribution < -0.4 is 0 Å². The monoisotopic (exact) mass is 861 g/mol. The van der Waals surface area contributed by atoms with Gasteiger partial charge in [-0.25, -0.2) is 0 Å². The van der Waals surface area contributed by atoms with Crippen LogP contribution in [0.15, 0.2) is 12.2 Å². The van der Waals surface area contributed by atoms with E-state index in [-0.39, 0.29) is 31.1 Å². The van der Waals surface area contributed by atoms with Crippen LogP contribution in [0.2, 0.25) is 0 Å². The summed E-state index contributed by atoms with van der Waals surface area (Å²) in [5.41, 5.74) is 0. The molecule has 61 heavy (non-hydrogen) atoms. The summed E-state index contributed by atoms with van der Waals surface area (Å²) in [5, 5.41) is 0. The molecule has 0 radical (unpaired) electrons. The van der Waals surface area contributed by atoms with Crippen molar-refractivity contribution < 1.29 is 28.6 Å². The fourth-order valence-electron chi connectivity index (χ4n) is 8.14. The van der Waals surface area contributed by atoms with Crippen LogP contribution in [0.25, 0.3) is 0 Å². The predicted molar refractivity (Wildman–Crippen MR) is 261 cm³/mol. The Morgan fingerprint density at radius 2 is 0.541 bits per heavy atom. The summed E-state index contributed by atoms with van der Waals surface area (Å²) in [4.78, 5) is 38.0. The van der Waals surface area contributed by atoms with Crippen molar-refractivity contribution in [1.29, 1.82) is 0 Å². The zero-order valence-corrected chi connectivity index (χ0v) is 41.2. The Balaban J connectivity index is 4.27. The number of unbranched alkanes of at least 4 members (excludes halogenated alkanes) is 37. The van der Waals surface area contributed by atoms with Gasteiger partial charge in [0.05, 0.1) is 0 Å². The molecule has 0 bridgehead atoms. The number of hydrogen-bond donors (Lipinski definition) is 0. The summed E-state index contributed by atoms with van der Waals surface area (Å²) in [6.45, 7) is 6.67. The molecule has 1 unspecified atom stereocenters. The van der Waals surface area contributed by atoms with Crippen molar-refractivity contribution in [3.05, 3.63) is 12.2 Å². The van der Waals surface area contributed by atoms with Crippen molar-refractivity contribution in [1.82, 2.24) is 0 Å². The molecule has 0 heterocycles. The molecule has 0 N–H and O–H groups in total. The first kappa shape index (κ1) is 59.1. The van der Waals surface area contributed by atoms with Gasteiger partial charge in [0.1, 0.15) is 13.2 Å². The molecular formula is C55H104O6. The molecule has 1 atom stereocenters. The lowest BCUT2D eigenvalue weighted by Crippen LogP contribution is -2.30. The smallest absolute Gasteiger partial charge is 0.306 e. The molecule has 0 aliphatic rings. The number of ether oxygens (including phenoxy) is 3. The van der Waals surface area contributed by atoms with Gasteiger partial charge in [0.15, 0.2) is 6.10 Å². The van der Waals surface area contributed by atoms with Gasteiger partial charge in [-0.15, -0.1) is 0 Å². The van der Waals surface area contributed by atoms with E-state index in [1.54, 1.807) is 0 Å². The lowest BCUT2D eigenvalue weighted by molar-refractivity contribution is -0.167. The highest BCUT2D eigenvalue weighted by Gasteiger charge is 2.19. The third kappa shape index (κ3) is 49.0. The average Bonchev–Trinajstić information content (AvgIpc) is 3.26. The maximum atomic E-state index is 12.8. The Bertz CT molecular complexity index is 947. The van der Waals surface area contributed by atoms with Gasteiger partial charge in [0, 0.05) is 19.3 Å². The largest absolute Gasteiger partial charge is 0.462 e. The Morgan fingerprint density at radius 3 is 0.820 bits per heavy atom. The van der Waals surface area contributed by atoms with E-state index in [9.17, 15) is 14.4 Å². The van der Waals surface area contributed by atoms with E-state index in [4.69, 9.17) is 14.2 Å². The molecule has 0 amide bonds. The summed E-state index contributed by atoms with van der Waals surface area (Å²) in [7, 11) is 0. The van der Waals surface area contributed by atoms with Crippen LogP contribution in [-0.2, 0) is 28.6 Å². The number of carbonyl (C=O) groups is 3. The van der Waals surface area contributed by atoms with Crippen molar-refractivity contribution in [3.8, 4) is 0 Å². The van der Waals surface area contributed by atoms with E-state index < -0.39 is 6.10 Å². The first-order chi connectivity index (χ1) is 30.0. The highest BCUT2D eigenvalue weighted by Crippen LogP contribution is 2.16. The van der Waals surface area contributed by atoms with Crippen LogP contribution >= 0.6 is 0 Å². The second-order valence-corrected chi connectivity index (χ2v) is 18.5. The van der Waals surface area contributed by atoms with Crippen LogP contribution in [0.5, 0.6) is 0 Å². The summed E-state index contributed by atoms with van der Waals surface area (Å²) in [6.07, 6.45) is 56.2. The van der Waals surface area contributed by atoms with Gasteiger partial charge in [-0.2, -0.15) is 0 Å². The average molecular weight is 861 g/mol. The SMILES string of the molecule is CCCCCCCCCC/C=C\CCCCCCCCCC(=O)OCC(COC(=O)CCCCCCCCCCCCCC)OC(=O)CCCCCCCCCCCCCC. The molecule has 6 heteroatoms. The first-order valence-electron chi connectivity index (χ1n) is 27.2. The van der Waals surface area contributed by atoms with Crippen molar-refractivity contribution >= 4 is 17.9 Å². The second kappa shape index (κ2) is 50.8. The summed E-state index contributed by atoms with van der Waals surface area (Å²) in [6, 6.07) is 0. The van der Waals surface area contributed by atoms with Crippen LogP contribution in [-0.4, -0.2) is 37.2 Å². The van der Waals surface area contributed by atoms with Crippen molar-refractivity contribution in [2.45, 2.75) is 309 Å². The van der Waals surface area contributed by atoms with E-state index in [1.165, 1.54) is 205 Å². The van der Waals surface area contributed by atoms with Crippen LogP contribution in [0.3, 0.4) is 0 Å². The number of rotatable bonds is 50. The van der Waals surface area contributed by atoms with Crippen LogP contribution in [0.1, 0.15) is 303 Å². The Morgan fingerprint density at radius 1 is 0.311 bits per heavy atom. The molecular weight excluding hydrogens is 757 g/mol. The van der Waals surface area contributed by atoms with Gasteiger partial charge >= 0.3 is 17.9 Å². The predicted octanol–water partition coefficient (Wildman–Crippen LogP) is 17.8. The lowest BCUT2D eigenvalue weighted by Gasteiger charge is -2.18. The highest BCUT2D eigenvalue weighted by atomic mass is 16.6. The molecule has 360 valence electrons. The zero-order chi connectivity index (χ0) is 44.4. The van der Waals surface area contributed by atoms with E-state index in [1.807, 2.05) is 0 Å². The zero-order valence-electron chi connectivity index (χ0n) is 41.2. The molecule has 0 saturated carbocycles. The third-order valence-electron chi connectivity index (χ3n) is 12.3. The third-order valence-corrected chi connectivity index (χ3v) is 12.3. The topological polar surface area (TPSA) is 78.9 Å². The second-order valence-electron chi connectivity index (χ2n) is 18.5. The fraction of sp³-hybridized carbons (Fsp3) is 0.909. The first-order valence-corrected chi connectivity index (χ1v) is 27.2. The molecule has 0 aromatic heterocycles. The van der Waals surface area contributed by atoms with Crippen LogP contribution in [0.4, 0.5) is 0 Å². The van der Waals surface area contributed by atoms with Crippen molar-refractivity contribution in [2.24, 2.45) is 0 Å². The minimum atomic E-state index is -0.764. The molecule has 0 aromatic rings. The standard InChI is InChI=1S/C55H104O6/c1-4-7-10-13-16-19-22-25-26-27-28-29-30-31-34-36-39-42-45-48-54(57)60-51-52(61-55(58)49-46-43-40-37-33-24-21-18-15-12-9-6-3)50-59-53(56)47-44-41-38-35-32-23-20-17-14-11-8-5-2/h27-28,52H,4-26,29-51H2,1-3H3/b28-27-. The normalized spacial score (nSPS) is 12.0. The van der Waals surface area contributed by atoms with Gasteiger partial charge in [0.25, 0.3) is 0 Å². The maximum Gasteiger partial charge on any atom is 0.306 e. The molecule has 0 rings (SSSR count). The molecule has 6 nitrogen and oxygen atoms in total. The number of esters is 3. The molecule has 0 aromatic carbocycles. The molecule has 0 saturated heterocycles. The van der Waals surface area contributed by atoms with Gasteiger partial charge in [-0.05, 0) is 44.9 Å². The van der Waals surface area contributed by atoms with E-state index in [0.29, 0.717) is 19.3 Å². The van der Waals surface area contributed by atoms with Crippen molar-refractivity contribution in [2.75, 3.05) is 13.2 Å². The van der Waals surface area contributed by atoms with E-state index >= 15 is 0 Å². The van der Waals surface area contributed by atoms with Gasteiger partial charge < -0.3 is 14.2 Å². The van der Waals surface area contributed by atoms with Crippen LogP contribution in [0, 0.1) is 0 Å². The van der Waals surface area contributed by atoms with Gasteiger partial charge in [0.2, 0.25) is 0 Å². The molecule has 0 aliphatic heterocycles. The van der Waals surface area contributed by atoms with E-state index in [0.717, 1.165) is 57.8 Å². The Labute approximate surface area is 380 Å². The highest BCUT2D eigenvalue weighted by molar-refractivity contribution is 5.71. The lowest BCUT2D eigenvalue weighted by atomic mass is 10.0. The molecule has 0 spiro atoms. The Kier molecular flexibility index (Phi) is 49.3. The summed E-state index contributed by atoms with van der Waals surface area (Å²) < 4.78 is 16.8. The minimum absolute atomic E-state index is 0.0659. The number of allylic oxidation sites excluding steroid dienone is 2. The quantitative estimate of drug-likeness (QED) is 0.0262. The number of hydrogen-bond acceptors (Lipinski definition) is 6. The summed E-state index contributed by atoms with van der Waals surface area (Å²) in [5.74, 6) is -0.852. The minimum Gasteiger partial charge on any atom is -0.462 e. The van der Waals surface area contributed by atoms with Gasteiger partial charge in [-0.1, -0.05) is 251 Å². The fourth-order valence-corrected chi connectivity index (χ4v) is 8.14. The maximum absolute atomic E-state index is 12.8. The molecule has 0 fully saturated rings. The van der Waals surface area contributed by atoms with E-state index in [2.05, 4.69) is 32.9 Å². The molecule has 0 aliphatic carbocycles. The summed E-state index contributed by atoms with van der Waals surface area (Å²) >= 11 is 0. The van der Waals surface area contributed by atoms with Gasteiger partial charge in [-0.3, -0.25) is 14.4 Å².